The molecule has 2 aliphatic heterocycles. The molecule has 0 N–H and O–H groups in total. The second kappa shape index (κ2) is 9.87. The van der Waals surface area contributed by atoms with Crippen molar-refractivity contribution < 1.29 is 14.3 Å². The number of hydrogen-bond donors (Lipinski definition) is 0. The van der Waals surface area contributed by atoms with E-state index in [2.05, 4.69) is 44.0 Å². The smallest absolute Gasteiger partial charge is 0.338 e. The first-order valence-corrected chi connectivity index (χ1v) is 13.7. The van der Waals surface area contributed by atoms with E-state index in [9.17, 15) is 9.59 Å². The van der Waals surface area contributed by atoms with Crippen molar-refractivity contribution in [3.8, 4) is 5.75 Å². The zero-order chi connectivity index (χ0) is 27.2. The number of nitrogens with zero attached hydrogens (tertiary/aromatic N) is 2. The molecule has 0 radical (unpaired) electrons. The number of benzene rings is 2. The predicted octanol–water partition coefficient (Wildman–Crippen LogP) is 4.91. The summed E-state index contributed by atoms with van der Waals surface area (Å²) in [5.74, 6) is 0.369. The van der Waals surface area contributed by atoms with Crippen molar-refractivity contribution in [2.45, 2.75) is 59.1 Å². The zero-order valence-corrected chi connectivity index (χ0v) is 23.4. The van der Waals surface area contributed by atoms with E-state index in [4.69, 9.17) is 9.47 Å². The molecule has 0 saturated carbocycles. The Labute approximate surface area is 226 Å². The van der Waals surface area contributed by atoms with E-state index in [1.165, 1.54) is 16.9 Å². The molecule has 3 heterocycles. The fourth-order valence-corrected chi connectivity index (χ4v) is 5.89. The van der Waals surface area contributed by atoms with Crippen LogP contribution in [0.25, 0.3) is 12.2 Å². The van der Waals surface area contributed by atoms with E-state index >= 15 is 0 Å². The summed E-state index contributed by atoms with van der Waals surface area (Å²) in [5.41, 5.74) is 4.62. The normalized spacial score (nSPS) is 19.2. The lowest BCUT2D eigenvalue weighted by molar-refractivity contribution is -0.139. The van der Waals surface area contributed by atoms with Crippen LogP contribution in [0.15, 0.2) is 75.2 Å². The second-order valence-corrected chi connectivity index (χ2v) is 11.6. The number of carbonyl (C=O) groups is 1. The average molecular weight is 529 g/mol. The van der Waals surface area contributed by atoms with Crippen LogP contribution in [-0.4, -0.2) is 23.2 Å². The van der Waals surface area contributed by atoms with Crippen LogP contribution < -0.4 is 19.6 Å². The lowest BCUT2D eigenvalue weighted by Gasteiger charge is -2.26. The minimum Gasteiger partial charge on any atom is -0.485 e. The first-order chi connectivity index (χ1) is 18.1. The van der Waals surface area contributed by atoms with E-state index in [1.54, 1.807) is 18.4 Å². The lowest BCUT2D eigenvalue weighted by atomic mass is 9.85. The number of ether oxygens (including phenoxy) is 2. The maximum atomic E-state index is 13.9. The fraction of sp³-hybridized carbons (Fsp3) is 0.323. The van der Waals surface area contributed by atoms with Crippen LogP contribution >= 0.6 is 11.3 Å². The molecule has 3 aromatic rings. The number of carbonyl (C=O) groups excluding carboxylic acids is 1. The Kier molecular flexibility index (Phi) is 6.73. The van der Waals surface area contributed by atoms with E-state index < -0.39 is 12.0 Å². The van der Waals surface area contributed by atoms with Crippen LogP contribution in [0.4, 0.5) is 0 Å². The van der Waals surface area contributed by atoms with Crippen molar-refractivity contribution in [3.63, 3.8) is 0 Å². The monoisotopic (exact) mass is 528 g/mol. The molecular weight excluding hydrogens is 496 g/mol. The number of aromatic nitrogens is 1. The van der Waals surface area contributed by atoms with Gasteiger partial charge in [-0.15, -0.1) is 0 Å². The van der Waals surface area contributed by atoms with Crippen molar-refractivity contribution in [3.05, 3.63) is 102 Å². The molecule has 2 atom stereocenters. The topological polar surface area (TPSA) is 69.9 Å². The number of esters is 1. The summed E-state index contributed by atoms with van der Waals surface area (Å²) in [6, 6.07) is 15.3. The number of allylic oxidation sites excluding steroid dienone is 1. The summed E-state index contributed by atoms with van der Waals surface area (Å²) in [5, 5.41) is 0. The average Bonchev–Trinajstić information content (AvgIpc) is 3.17. The first-order valence-electron chi connectivity index (χ1n) is 12.9. The van der Waals surface area contributed by atoms with Gasteiger partial charge < -0.3 is 9.47 Å². The Bertz CT molecular complexity index is 1650. The van der Waals surface area contributed by atoms with Crippen molar-refractivity contribution in [1.82, 2.24) is 4.57 Å². The first kappa shape index (κ1) is 25.9. The number of thiazole rings is 1. The highest BCUT2D eigenvalue weighted by Crippen LogP contribution is 2.33. The standard InChI is InChI=1S/C31H32N2O4S/c1-7-36-29(35)26-18(2)32-30-33(27(26)20-12-14-23(15-13-20)31(4,5)6)28(34)25(38-30)17-22-16-21-10-8-9-11-24(21)37-19(22)3/h8-17,19,27H,7H2,1-6H3. The van der Waals surface area contributed by atoms with Crippen molar-refractivity contribution >= 4 is 29.5 Å². The third kappa shape index (κ3) is 4.67. The number of hydrogen-bond acceptors (Lipinski definition) is 6. The highest BCUT2D eigenvalue weighted by atomic mass is 32.1. The largest absolute Gasteiger partial charge is 0.485 e. The maximum Gasteiger partial charge on any atom is 0.338 e. The van der Waals surface area contributed by atoms with E-state index in [0.717, 1.165) is 22.4 Å². The van der Waals surface area contributed by atoms with Crippen molar-refractivity contribution in [2.75, 3.05) is 6.61 Å². The third-order valence-electron chi connectivity index (χ3n) is 6.92. The summed E-state index contributed by atoms with van der Waals surface area (Å²) in [7, 11) is 0. The molecule has 0 fully saturated rings. The SMILES string of the molecule is CCOC(=O)C1=C(C)N=c2sc(=CC3=Cc4ccccc4OC3C)c(=O)n2C1c1ccc(C(C)(C)C)cc1. The van der Waals surface area contributed by atoms with Gasteiger partial charge in [-0.2, -0.15) is 0 Å². The van der Waals surface area contributed by atoms with Crippen molar-refractivity contribution in [1.29, 1.82) is 0 Å². The zero-order valence-electron chi connectivity index (χ0n) is 22.6. The van der Waals surface area contributed by atoms with E-state index in [0.29, 0.717) is 20.6 Å². The molecule has 2 aromatic carbocycles. The van der Waals surface area contributed by atoms with Crippen LogP contribution in [0.2, 0.25) is 0 Å². The van der Waals surface area contributed by atoms with Gasteiger partial charge in [-0.25, -0.2) is 9.79 Å². The van der Waals surface area contributed by atoms with Gasteiger partial charge in [-0.3, -0.25) is 9.36 Å². The van der Waals surface area contributed by atoms with E-state index in [-0.39, 0.29) is 23.7 Å². The Hall–Kier alpha value is -3.71. The van der Waals surface area contributed by atoms with Crippen LogP contribution in [0.1, 0.15) is 64.3 Å². The summed E-state index contributed by atoms with van der Waals surface area (Å²) in [6.45, 7) is 12.2. The minimum atomic E-state index is -0.629. The van der Waals surface area contributed by atoms with Gasteiger partial charge in [0.25, 0.3) is 5.56 Å². The van der Waals surface area contributed by atoms with Gasteiger partial charge in [0.15, 0.2) is 4.80 Å². The molecule has 2 unspecified atom stereocenters. The number of rotatable bonds is 4. The molecule has 1 aromatic heterocycles. The lowest BCUT2D eigenvalue weighted by Crippen LogP contribution is -2.40. The van der Waals surface area contributed by atoms with Gasteiger partial charge in [-0.1, -0.05) is 74.6 Å². The molecule has 0 amide bonds. The fourth-order valence-electron chi connectivity index (χ4n) is 4.85. The molecule has 0 spiro atoms. The Morgan fingerprint density at radius 2 is 1.87 bits per heavy atom. The molecule has 0 aliphatic carbocycles. The summed E-state index contributed by atoms with van der Waals surface area (Å²) in [6.07, 6.45) is 3.73. The van der Waals surface area contributed by atoms with Crippen LogP contribution in [0, 0.1) is 0 Å². The minimum absolute atomic E-state index is 0.0201. The van der Waals surface area contributed by atoms with Crippen LogP contribution in [0.5, 0.6) is 5.75 Å². The van der Waals surface area contributed by atoms with Gasteiger partial charge >= 0.3 is 5.97 Å². The van der Waals surface area contributed by atoms with Gasteiger partial charge in [0, 0.05) is 5.56 Å². The maximum absolute atomic E-state index is 13.9. The molecule has 7 heteroatoms. The third-order valence-corrected chi connectivity index (χ3v) is 7.90. The quantitative estimate of drug-likeness (QED) is 0.451. The second-order valence-electron chi connectivity index (χ2n) is 10.6. The van der Waals surface area contributed by atoms with Gasteiger partial charge in [0.1, 0.15) is 11.9 Å². The van der Waals surface area contributed by atoms with Gasteiger partial charge in [0.2, 0.25) is 0 Å². The van der Waals surface area contributed by atoms with Gasteiger partial charge in [0.05, 0.1) is 28.5 Å². The Morgan fingerprint density at radius 3 is 2.55 bits per heavy atom. The molecule has 196 valence electrons. The molecule has 0 saturated heterocycles. The highest BCUT2D eigenvalue weighted by Gasteiger charge is 2.33. The number of fused-ring (bicyclic) bond motifs is 2. The van der Waals surface area contributed by atoms with Gasteiger partial charge in [-0.05, 0) is 61.1 Å². The molecule has 6 nitrogen and oxygen atoms in total. The predicted molar refractivity (Wildman–Crippen MR) is 151 cm³/mol. The Morgan fingerprint density at radius 1 is 1.16 bits per heavy atom. The summed E-state index contributed by atoms with van der Waals surface area (Å²) >= 11 is 1.32. The van der Waals surface area contributed by atoms with E-state index in [1.807, 2.05) is 49.4 Å². The molecular formula is C31H32N2O4S. The molecule has 0 bridgehead atoms. The molecule has 38 heavy (non-hydrogen) atoms. The highest BCUT2D eigenvalue weighted by molar-refractivity contribution is 7.07. The Balaban J connectivity index is 1.68. The molecule has 5 rings (SSSR count). The van der Waals surface area contributed by atoms with Crippen LogP contribution in [-0.2, 0) is 14.9 Å². The van der Waals surface area contributed by atoms with Crippen LogP contribution in [0.3, 0.4) is 0 Å². The number of para-hydroxylation sites is 1. The summed E-state index contributed by atoms with van der Waals surface area (Å²) < 4.78 is 13.7. The summed E-state index contributed by atoms with van der Waals surface area (Å²) in [4.78, 5) is 32.3. The molecule has 2 aliphatic rings. The van der Waals surface area contributed by atoms with Crippen molar-refractivity contribution in [2.24, 2.45) is 4.99 Å².